The smallest absolute Gasteiger partial charge is 0.223 e. The van der Waals surface area contributed by atoms with Crippen LogP contribution < -0.4 is 5.32 Å². The fraction of sp³-hybridized carbons (Fsp3) is 0.947. The van der Waals surface area contributed by atoms with Crippen molar-refractivity contribution in [2.45, 2.75) is 72.0 Å². The summed E-state index contributed by atoms with van der Waals surface area (Å²) < 4.78 is 5.53. The lowest BCUT2D eigenvalue weighted by molar-refractivity contribution is -0.134. The third kappa shape index (κ3) is 6.01. The van der Waals surface area contributed by atoms with Gasteiger partial charge in [-0.05, 0) is 32.1 Å². The number of nitrogens with zero attached hydrogens (tertiary/aromatic N) is 2. The molecule has 1 N–H and O–H groups in total. The summed E-state index contributed by atoms with van der Waals surface area (Å²) in [4.78, 5) is 16.9. The number of morpholine rings is 1. The normalized spacial score (nSPS) is 25.7. The quantitative estimate of drug-likeness (QED) is 0.833. The van der Waals surface area contributed by atoms with E-state index in [0.29, 0.717) is 30.5 Å². The second kappa shape index (κ2) is 8.63. The molecule has 2 atom stereocenters. The lowest BCUT2D eigenvalue weighted by Gasteiger charge is -2.39. The van der Waals surface area contributed by atoms with Gasteiger partial charge in [0.1, 0.15) is 0 Å². The summed E-state index contributed by atoms with van der Waals surface area (Å²) in [6, 6.07) is 1.58. The van der Waals surface area contributed by atoms with Crippen molar-refractivity contribution in [2.24, 2.45) is 5.41 Å². The maximum atomic E-state index is 12.3. The van der Waals surface area contributed by atoms with E-state index >= 15 is 0 Å². The lowest BCUT2D eigenvalue weighted by Crippen LogP contribution is -2.53. The van der Waals surface area contributed by atoms with Crippen LogP contribution in [0.5, 0.6) is 0 Å². The molecule has 5 nitrogen and oxygen atoms in total. The van der Waals surface area contributed by atoms with Gasteiger partial charge in [-0.3, -0.25) is 9.69 Å². The van der Waals surface area contributed by atoms with Crippen molar-refractivity contribution in [1.29, 1.82) is 0 Å². The van der Waals surface area contributed by atoms with Gasteiger partial charge in [-0.25, -0.2) is 0 Å². The van der Waals surface area contributed by atoms with Crippen molar-refractivity contribution in [3.8, 4) is 0 Å². The first-order chi connectivity index (χ1) is 11.3. The average molecular weight is 340 g/mol. The summed E-state index contributed by atoms with van der Waals surface area (Å²) in [6.07, 6.45) is 2.79. The molecule has 5 heteroatoms. The summed E-state index contributed by atoms with van der Waals surface area (Å²) in [5, 5.41) is 3.73. The van der Waals surface area contributed by atoms with Crippen LogP contribution >= 0.6 is 0 Å². The third-order valence-corrected chi connectivity index (χ3v) is 5.22. The first-order valence-corrected chi connectivity index (χ1v) is 9.61. The Bertz CT molecular complexity index is 400. The Morgan fingerprint density at radius 2 is 1.92 bits per heavy atom. The topological polar surface area (TPSA) is 44.8 Å². The largest absolute Gasteiger partial charge is 0.379 e. The summed E-state index contributed by atoms with van der Waals surface area (Å²) >= 11 is 0. The van der Waals surface area contributed by atoms with Gasteiger partial charge in [0.15, 0.2) is 0 Å². The van der Waals surface area contributed by atoms with Crippen LogP contribution in [0.1, 0.15) is 53.9 Å². The van der Waals surface area contributed by atoms with Crippen LogP contribution in [0.15, 0.2) is 0 Å². The fourth-order valence-electron chi connectivity index (χ4n) is 3.75. The molecule has 2 fully saturated rings. The zero-order valence-corrected chi connectivity index (χ0v) is 16.3. The van der Waals surface area contributed by atoms with Crippen LogP contribution in [-0.4, -0.2) is 73.2 Å². The van der Waals surface area contributed by atoms with Crippen LogP contribution in [-0.2, 0) is 9.53 Å². The first kappa shape index (κ1) is 19.7. The summed E-state index contributed by atoms with van der Waals surface area (Å²) in [5.74, 6) is 0.316. The predicted molar refractivity (Wildman–Crippen MR) is 98.1 cm³/mol. The van der Waals surface area contributed by atoms with Crippen molar-refractivity contribution in [3.05, 3.63) is 0 Å². The minimum Gasteiger partial charge on any atom is -0.379 e. The Balaban J connectivity index is 1.68. The van der Waals surface area contributed by atoms with Gasteiger partial charge in [0, 0.05) is 50.7 Å². The van der Waals surface area contributed by atoms with Crippen molar-refractivity contribution < 1.29 is 9.53 Å². The highest BCUT2D eigenvalue weighted by Crippen LogP contribution is 2.21. The van der Waals surface area contributed by atoms with Crippen molar-refractivity contribution in [1.82, 2.24) is 15.1 Å². The van der Waals surface area contributed by atoms with Crippen molar-refractivity contribution in [3.63, 3.8) is 0 Å². The molecule has 0 aromatic carbocycles. The van der Waals surface area contributed by atoms with E-state index in [2.05, 4.69) is 49.7 Å². The van der Waals surface area contributed by atoms with E-state index in [0.717, 1.165) is 52.2 Å². The maximum absolute atomic E-state index is 12.3. The summed E-state index contributed by atoms with van der Waals surface area (Å²) in [6.45, 7) is 16.5. The molecule has 2 aliphatic heterocycles. The standard InChI is InChI=1S/C19H37N3O2/c1-15(22-10-11-24-14-16(22)2)13-20-17-6-8-21(9-7-17)18(23)12-19(3,4)5/h15-17,20H,6-14H2,1-5H3/t15-,16+/m0/s1. The molecule has 0 unspecified atom stereocenters. The van der Waals surface area contributed by atoms with Gasteiger partial charge >= 0.3 is 0 Å². The number of carbonyl (C=O) groups is 1. The minimum absolute atomic E-state index is 0.0798. The molecular formula is C19H37N3O2. The van der Waals surface area contributed by atoms with Crippen LogP contribution in [0.2, 0.25) is 0 Å². The highest BCUT2D eigenvalue weighted by atomic mass is 16.5. The second-order valence-electron chi connectivity index (χ2n) is 8.81. The highest BCUT2D eigenvalue weighted by molar-refractivity contribution is 5.76. The number of nitrogens with one attached hydrogen (secondary N) is 1. The van der Waals surface area contributed by atoms with E-state index in [1.54, 1.807) is 0 Å². The number of likely N-dealkylation sites (tertiary alicyclic amines) is 1. The number of rotatable bonds is 5. The van der Waals surface area contributed by atoms with Crippen molar-refractivity contribution >= 4 is 5.91 Å². The van der Waals surface area contributed by atoms with Gasteiger partial charge in [0.05, 0.1) is 13.2 Å². The maximum Gasteiger partial charge on any atom is 0.223 e. The van der Waals surface area contributed by atoms with E-state index in [4.69, 9.17) is 4.74 Å². The van der Waals surface area contributed by atoms with Crippen LogP contribution in [0.25, 0.3) is 0 Å². The van der Waals surface area contributed by atoms with Crippen LogP contribution in [0.4, 0.5) is 0 Å². The molecule has 0 spiro atoms. The van der Waals surface area contributed by atoms with Gasteiger partial charge in [-0.1, -0.05) is 20.8 Å². The first-order valence-electron chi connectivity index (χ1n) is 9.61. The lowest BCUT2D eigenvalue weighted by atomic mass is 9.91. The molecular weight excluding hydrogens is 302 g/mol. The van der Waals surface area contributed by atoms with Gasteiger partial charge in [0.25, 0.3) is 0 Å². The van der Waals surface area contributed by atoms with Crippen LogP contribution in [0.3, 0.4) is 0 Å². The second-order valence-corrected chi connectivity index (χ2v) is 8.81. The van der Waals surface area contributed by atoms with Gasteiger partial charge in [-0.2, -0.15) is 0 Å². The Labute approximate surface area is 148 Å². The molecule has 0 aromatic rings. The zero-order valence-electron chi connectivity index (χ0n) is 16.3. The molecule has 0 aliphatic carbocycles. The average Bonchev–Trinajstić information content (AvgIpc) is 2.52. The van der Waals surface area contributed by atoms with E-state index in [1.807, 2.05) is 0 Å². The SMILES string of the molecule is C[C@@H]1COCCN1[C@@H](C)CNC1CCN(C(=O)CC(C)(C)C)CC1. The molecule has 1 amide bonds. The zero-order chi connectivity index (χ0) is 17.7. The van der Waals surface area contributed by atoms with E-state index in [1.165, 1.54) is 0 Å². The number of carbonyl (C=O) groups excluding carboxylic acids is 1. The number of hydrogen-bond donors (Lipinski definition) is 1. The van der Waals surface area contributed by atoms with Gasteiger partial charge in [-0.15, -0.1) is 0 Å². The molecule has 0 bridgehead atoms. The number of amides is 1. The fourth-order valence-corrected chi connectivity index (χ4v) is 3.75. The third-order valence-electron chi connectivity index (χ3n) is 5.22. The predicted octanol–water partition coefficient (Wildman–Crippen LogP) is 2.11. The molecule has 0 aromatic heterocycles. The minimum atomic E-state index is 0.0798. The van der Waals surface area contributed by atoms with Gasteiger partial charge < -0.3 is 15.0 Å². The summed E-state index contributed by atoms with van der Waals surface area (Å²) in [7, 11) is 0. The number of hydrogen-bond acceptors (Lipinski definition) is 4. The van der Waals surface area contributed by atoms with Gasteiger partial charge in [0.2, 0.25) is 5.91 Å². The highest BCUT2D eigenvalue weighted by Gasteiger charge is 2.27. The van der Waals surface area contributed by atoms with E-state index in [9.17, 15) is 4.79 Å². The number of piperidine rings is 1. The molecule has 0 radical (unpaired) electrons. The Kier molecular flexibility index (Phi) is 7.08. The molecule has 2 heterocycles. The van der Waals surface area contributed by atoms with E-state index < -0.39 is 0 Å². The number of ether oxygens (including phenoxy) is 1. The summed E-state index contributed by atoms with van der Waals surface area (Å²) in [5.41, 5.74) is 0.0798. The molecule has 140 valence electrons. The molecule has 24 heavy (non-hydrogen) atoms. The Morgan fingerprint density at radius 3 is 2.50 bits per heavy atom. The molecule has 0 saturated carbocycles. The molecule has 2 saturated heterocycles. The molecule has 2 aliphatic rings. The Morgan fingerprint density at radius 1 is 1.25 bits per heavy atom. The Hall–Kier alpha value is -0.650. The monoisotopic (exact) mass is 339 g/mol. The van der Waals surface area contributed by atoms with Crippen molar-refractivity contribution in [2.75, 3.05) is 39.4 Å². The molecule has 2 rings (SSSR count). The van der Waals surface area contributed by atoms with E-state index in [-0.39, 0.29) is 5.41 Å². The van der Waals surface area contributed by atoms with Crippen LogP contribution in [0, 0.1) is 5.41 Å².